The average Bonchev–Trinajstić information content (AvgIpc) is 2.94. The summed E-state index contributed by atoms with van der Waals surface area (Å²) in [7, 11) is 0. The average molecular weight is 545 g/mol. The van der Waals surface area contributed by atoms with Crippen LogP contribution in [-0.2, 0) is 25.5 Å². The Bertz CT molecular complexity index is 1490. The van der Waals surface area contributed by atoms with Gasteiger partial charge >= 0.3 is 23.9 Å². The molecule has 0 bridgehead atoms. The smallest absolute Gasteiger partial charge is 0.341 e. The summed E-state index contributed by atoms with van der Waals surface area (Å²) in [6, 6.07) is 15.0. The Kier molecular flexibility index (Phi) is 9.85. The van der Waals surface area contributed by atoms with Crippen LogP contribution in [0.1, 0.15) is 22.8 Å². The number of benzene rings is 3. The van der Waals surface area contributed by atoms with Crippen LogP contribution in [0, 0.1) is 5.82 Å². The van der Waals surface area contributed by atoms with E-state index in [9.17, 15) is 23.6 Å². The maximum atomic E-state index is 14.8. The van der Waals surface area contributed by atoms with Crippen LogP contribution in [0.5, 0.6) is 17.2 Å². The number of hydrogen-bond acceptors (Lipinski definition) is 8. The van der Waals surface area contributed by atoms with E-state index < -0.39 is 29.7 Å². The van der Waals surface area contributed by atoms with Crippen molar-refractivity contribution in [2.45, 2.75) is 13.3 Å². The van der Waals surface area contributed by atoms with E-state index in [0.717, 1.165) is 12.2 Å². The molecule has 40 heavy (non-hydrogen) atoms. The zero-order chi connectivity index (χ0) is 29.2. The Morgan fingerprint density at radius 1 is 0.800 bits per heavy atom. The molecule has 0 atom stereocenters. The first-order valence-corrected chi connectivity index (χ1v) is 11.9. The van der Waals surface area contributed by atoms with Crippen molar-refractivity contribution in [3.05, 3.63) is 115 Å². The molecule has 204 valence electrons. The minimum absolute atomic E-state index is 0.00878. The Labute approximate surface area is 229 Å². The number of rotatable bonds is 11. The molecular weight excluding hydrogens is 519 g/mol. The first kappa shape index (κ1) is 29.2. The van der Waals surface area contributed by atoms with Gasteiger partial charge in [-0.15, -0.1) is 0 Å². The van der Waals surface area contributed by atoms with Crippen LogP contribution in [0.3, 0.4) is 0 Å². The van der Waals surface area contributed by atoms with Crippen molar-refractivity contribution < 1.29 is 42.5 Å². The second kappa shape index (κ2) is 13.5. The van der Waals surface area contributed by atoms with Gasteiger partial charge < -0.3 is 18.9 Å². The van der Waals surface area contributed by atoms with Gasteiger partial charge in [0.1, 0.15) is 11.6 Å². The molecule has 3 aromatic rings. The van der Waals surface area contributed by atoms with Crippen LogP contribution >= 0.6 is 0 Å². The summed E-state index contributed by atoms with van der Waals surface area (Å²) in [4.78, 5) is 47.3. The molecule has 0 radical (unpaired) electrons. The van der Waals surface area contributed by atoms with E-state index in [1.54, 1.807) is 36.4 Å². The van der Waals surface area contributed by atoms with Gasteiger partial charge in [0.05, 0.1) is 12.2 Å². The quantitative estimate of drug-likeness (QED) is 0.176. The molecule has 3 rings (SSSR count). The van der Waals surface area contributed by atoms with Gasteiger partial charge in [0, 0.05) is 24.1 Å². The summed E-state index contributed by atoms with van der Waals surface area (Å²) in [5, 5.41) is 0. The van der Waals surface area contributed by atoms with Crippen molar-refractivity contribution in [1.82, 2.24) is 0 Å². The second-order valence-corrected chi connectivity index (χ2v) is 8.31. The highest BCUT2D eigenvalue weighted by Gasteiger charge is 2.16. The molecular formula is C31H25FO8. The number of hydrogen-bond donors (Lipinski definition) is 0. The van der Waals surface area contributed by atoms with Crippen LogP contribution in [0.15, 0.2) is 98.1 Å². The molecule has 8 nitrogen and oxygen atoms in total. The van der Waals surface area contributed by atoms with Crippen LogP contribution in [-0.4, -0.2) is 30.5 Å². The Balaban J connectivity index is 1.64. The fourth-order valence-corrected chi connectivity index (χ4v) is 3.28. The van der Waals surface area contributed by atoms with E-state index in [1.807, 2.05) is 0 Å². The minimum atomic E-state index is -0.860. The summed E-state index contributed by atoms with van der Waals surface area (Å²) in [6.45, 7) is 11.6. The van der Waals surface area contributed by atoms with Crippen molar-refractivity contribution in [1.29, 1.82) is 0 Å². The Hall–Kier alpha value is -5.31. The predicted octanol–water partition coefficient (Wildman–Crippen LogP) is 5.56. The monoisotopic (exact) mass is 544 g/mol. The number of halogens is 1. The minimum Gasteiger partial charge on any atom is -0.462 e. The first-order valence-electron chi connectivity index (χ1n) is 11.9. The van der Waals surface area contributed by atoms with E-state index in [2.05, 4.69) is 19.7 Å². The topological polar surface area (TPSA) is 105 Å². The molecule has 0 amide bonds. The van der Waals surface area contributed by atoms with Crippen LogP contribution in [0.2, 0.25) is 0 Å². The second-order valence-electron chi connectivity index (χ2n) is 8.31. The third kappa shape index (κ3) is 7.84. The van der Waals surface area contributed by atoms with Crippen molar-refractivity contribution in [3.8, 4) is 28.4 Å². The molecule has 0 aliphatic rings. The van der Waals surface area contributed by atoms with E-state index in [-0.39, 0.29) is 35.7 Å². The molecule has 0 aromatic heterocycles. The summed E-state index contributed by atoms with van der Waals surface area (Å²) in [5.41, 5.74) is 1.75. The molecule has 0 fully saturated rings. The lowest BCUT2D eigenvalue weighted by atomic mass is 10.0. The number of carbonyl (C=O) groups is 4. The van der Waals surface area contributed by atoms with Gasteiger partial charge in [-0.2, -0.15) is 0 Å². The molecule has 3 aromatic carbocycles. The maximum absolute atomic E-state index is 14.8. The summed E-state index contributed by atoms with van der Waals surface area (Å²) in [6.07, 6.45) is 2.10. The van der Waals surface area contributed by atoms with E-state index in [1.165, 1.54) is 31.2 Å². The van der Waals surface area contributed by atoms with E-state index in [0.29, 0.717) is 22.4 Å². The SMILES string of the molecule is C=CC(=O)Oc1ccc(CCOC(=O)c2ccc(-c3ccc(OC(=O)C(=C)C)cc3)cc2F)cc1OC(=O)C=C. The number of ether oxygens (including phenoxy) is 4. The van der Waals surface area contributed by atoms with Crippen molar-refractivity contribution in [2.24, 2.45) is 0 Å². The summed E-state index contributed by atoms with van der Waals surface area (Å²) in [5.74, 6) is -3.42. The highest BCUT2D eigenvalue weighted by Crippen LogP contribution is 2.30. The highest BCUT2D eigenvalue weighted by molar-refractivity contribution is 5.91. The number of esters is 4. The molecule has 0 N–H and O–H groups in total. The third-order valence-electron chi connectivity index (χ3n) is 5.32. The van der Waals surface area contributed by atoms with Gasteiger partial charge in [0.25, 0.3) is 0 Å². The van der Waals surface area contributed by atoms with Gasteiger partial charge in [-0.3, -0.25) is 0 Å². The maximum Gasteiger partial charge on any atom is 0.341 e. The summed E-state index contributed by atoms with van der Waals surface area (Å²) < 4.78 is 35.3. The van der Waals surface area contributed by atoms with Crippen molar-refractivity contribution in [2.75, 3.05) is 6.61 Å². The molecule has 0 aliphatic heterocycles. The van der Waals surface area contributed by atoms with Crippen LogP contribution < -0.4 is 14.2 Å². The molecule has 0 aliphatic carbocycles. The Morgan fingerprint density at radius 2 is 1.43 bits per heavy atom. The van der Waals surface area contributed by atoms with Crippen molar-refractivity contribution >= 4 is 23.9 Å². The fraction of sp³-hybridized carbons (Fsp3) is 0.0968. The zero-order valence-electron chi connectivity index (χ0n) is 21.6. The first-order chi connectivity index (χ1) is 19.1. The predicted molar refractivity (Wildman–Crippen MR) is 144 cm³/mol. The van der Waals surface area contributed by atoms with E-state index >= 15 is 0 Å². The lowest BCUT2D eigenvalue weighted by molar-refractivity contribution is -0.131. The normalized spacial score (nSPS) is 10.2. The van der Waals surface area contributed by atoms with Gasteiger partial charge in [0.2, 0.25) is 0 Å². The van der Waals surface area contributed by atoms with Gasteiger partial charge in [-0.25, -0.2) is 23.6 Å². The lowest BCUT2D eigenvalue weighted by Gasteiger charge is -2.11. The van der Waals surface area contributed by atoms with Crippen LogP contribution in [0.25, 0.3) is 11.1 Å². The van der Waals surface area contributed by atoms with E-state index in [4.69, 9.17) is 18.9 Å². The van der Waals surface area contributed by atoms with Gasteiger partial charge in [-0.1, -0.05) is 44.0 Å². The summed E-state index contributed by atoms with van der Waals surface area (Å²) >= 11 is 0. The zero-order valence-corrected chi connectivity index (χ0v) is 21.6. The van der Waals surface area contributed by atoms with Crippen LogP contribution in [0.4, 0.5) is 4.39 Å². The fourth-order valence-electron chi connectivity index (χ4n) is 3.28. The molecule has 0 saturated heterocycles. The third-order valence-corrected chi connectivity index (χ3v) is 5.32. The Morgan fingerprint density at radius 3 is 2.02 bits per heavy atom. The molecule has 0 spiro atoms. The number of carbonyl (C=O) groups excluding carboxylic acids is 4. The standard InChI is InChI=1S/C31H25FO8/c1-5-28(33)39-26-14-7-20(17-27(26)40-29(34)6-2)15-16-37-31(36)24-13-10-22(18-25(24)32)21-8-11-23(12-9-21)38-30(35)19(3)4/h5-14,17-18H,1-3,15-16H2,4H3. The van der Waals surface area contributed by atoms with Crippen molar-refractivity contribution in [3.63, 3.8) is 0 Å². The molecule has 9 heteroatoms. The largest absolute Gasteiger partial charge is 0.462 e. The van der Waals surface area contributed by atoms with Gasteiger partial charge in [0.15, 0.2) is 11.5 Å². The highest BCUT2D eigenvalue weighted by atomic mass is 19.1. The molecule has 0 saturated carbocycles. The molecule has 0 unspecified atom stereocenters. The molecule has 0 heterocycles. The van der Waals surface area contributed by atoms with Gasteiger partial charge in [-0.05, 0) is 60.0 Å². The lowest BCUT2D eigenvalue weighted by Crippen LogP contribution is -2.11.